The van der Waals surface area contributed by atoms with Gasteiger partial charge in [-0.3, -0.25) is 4.79 Å². The standard InChI is InChI=1S/C15H19N3O3/c1-14(2,12(19)20)15(3,4)18-13(21)17-11-7-5-10(9-16)6-8-11/h5-8H,1-4H3,(H,19,20)(H2,17,18,21). The summed E-state index contributed by atoms with van der Waals surface area (Å²) < 4.78 is 0. The predicted molar refractivity (Wildman–Crippen MR) is 78.8 cm³/mol. The number of hydrogen-bond donors (Lipinski definition) is 3. The van der Waals surface area contributed by atoms with Gasteiger partial charge >= 0.3 is 12.0 Å². The van der Waals surface area contributed by atoms with Crippen LogP contribution in [0.15, 0.2) is 24.3 Å². The first-order valence-corrected chi connectivity index (χ1v) is 6.43. The van der Waals surface area contributed by atoms with Crippen LogP contribution in [-0.2, 0) is 4.79 Å². The molecule has 112 valence electrons. The van der Waals surface area contributed by atoms with E-state index < -0.39 is 23.0 Å². The van der Waals surface area contributed by atoms with Crippen molar-refractivity contribution in [3.8, 4) is 6.07 Å². The molecule has 0 unspecified atom stereocenters. The third kappa shape index (κ3) is 3.72. The molecule has 0 aliphatic carbocycles. The SMILES string of the molecule is CC(C)(NC(=O)Nc1ccc(C#N)cc1)C(C)(C)C(=O)O. The number of nitrogens with one attached hydrogen (secondary N) is 2. The molecule has 0 atom stereocenters. The van der Waals surface area contributed by atoms with Crippen LogP contribution in [0.25, 0.3) is 0 Å². The Morgan fingerprint density at radius 1 is 1.14 bits per heavy atom. The number of carbonyl (C=O) groups excluding carboxylic acids is 1. The Balaban J connectivity index is 2.77. The van der Waals surface area contributed by atoms with E-state index in [1.807, 2.05) is 6.07 Å². The Morgan fingerprint density at radius 3 is 2.10 bits per heavy atom. The summed E-state index contributed by atoms with van der Waals surface area (Å²) in [5, 5.41) is 23.2. The Kier molecular flexibility index (Phi) is 4.58. The third-order valence-electron chi connectivity index (χ3n) is 3.80. The normalized spacial score (nSPS) is 11.4. The molecule has 1 rings (SSSR count). The minimum atomic E-state index is -1.13. The van der Waals surface area contributed by atoms with Crippen LogP contribution in [-0.4, -0.2) is 22.6 Å². The molecule has 2 amide bonds. The number of nitriles is 1. The number of benzene rings is 1. The molecule has 0 spiro atoms. The number of aliphatic carboxylic acids is 1. The lowest BCUT2D eigenvalue weighted by atomic mass is 9.74. The van der Waals surface area contributed by atoms with Crippen molar-refractivity contribution in [2.24, 2.45) is 5.41 Å². The van der Waals surface area contributed by atoms with Gasteiger partial charge in [0.1, 0.15) is 0 Å². The quantitative estimate of drug-likeness (QED) is 0.792. The van der Waals surface area contributed by atoms with Crippen LogP contribution >= 0.6 is 0 Å². The van der Waals surface area contributed by atoms with E-state index in [9.17, 15) is 14.7 Å². The molecule has 0 heterocycles. The Labute approximate surface area is 123 Å². The molecule has 0 saturated heterocycles. The van der Waals surface area contributed by atoms with E-state index in [-0.39, 0.29) is 0 Å². The van der Waals surface area contributed by atoms with Gasteiger partial charge < -0.3 is 15.7 Å². The van der Waals surface area contributed by atoms with E-state index in [4.69, 9.17) is 5.26 Å². The monoisotopic (exact) mass is 289 g/mol. The minimum absolute atomic E-state index is 0.494. The highest BCUT2D eigenvalue weighted by Gasteiger charge is 2.44. The summed E-state index contributed by atoms with van der Waals surface area (Å²) in [4.78, 5) is 23.2. The Hall–Kier alpha value is -2.55. The lowest BCUT2D eigenvalue weighted by Gasteiger charge is -2.38. The summed E-state index contributed by atoms with van der Waals surface area (Å²) in [6.07, 6.45) is 0. The van der Waals surface area contributed by atoms with Crippen LogP contribution in [0.3, 0.4) is 0 Å². The zero-order chi connectivity index (χ0) is 16.3. The second-order valence-corrected chi connectivity index (χ2v) is 5.82. The summed E-state index contributed by atoms with van der Waals surface area (Å²) in [7, 11) is 0. The molecular formula is C15H19N3O3. The molecule has 0 fully saturated rings. The molecular weight excluding hydrogens is 270 g/mol. The highest BCUT2D eigenvalue weighted by molar-refractivity contribution is 5.90. The molecule has 6 nitrogen and oxygen atoms in total. The third-order valence-corrected chi connectivity index (χ3v) is 3.80. The zero-order valence-electron chi connectivity index (χ0n) is 12.5. The van der Waals surface area contributed by atoms with Gasteiger partial charge in [0.25, 0.3) is 0 Å². The number of carbonyl (C=O) groups is 2. The lowest BCUT2D eigenvalue weighted by molar-refractivity contribution is -0.150. The number of anilines is 1. The van der Waals surface area contributed by atoms with Crippen molar-refractivity contribution in [2.75, 3.05) is 5.32 Å². The van der Waals surface area contributed by atoms with E-state index >= 15 is 0 Å². The Bertz CT molecular complexity index is 583. The second kappa shape index (κ2) is 5.83. The summed E-state index contributed by atoms with van der Waals surface area (Å²) in [5.74, 6) is -0.994. The fourth-order valence-electron chi connectivity index (χ4n) is 1.50. The van der Waals surface area contributed by atoms with Crippen molar-refractivity contribution < 1.29 is 14.7 Å². The first kappa shape index (κ1) is 16.5. The molecule has 1 aromatic carbocycles. The van der Waals surface area contributed by atoms with Crippen LogP contribution in [0.1, 0.15) is 33.3 Å². The van der Waals surface area contributed by atoms with E-state index in [1.165, 1.54) is 0 Å². The van der Waals surface area contributed by atoms with Crippen molar-refractivity contribution in [2.45, 2.75) is 33.2 Å². The second-order valence-electron chi connectivity index (χ2n) is 5.82. The van der Waals surface area contributed by atoms with Crippen LogP contribution in [0.4, 0.5) is 10.5 Å². The fraction of sp³-hybridized carbons (Fsp3) is 0.400. The molecule has 0 aliphatic heterocycles. The van der Waals surface area contributed by atoms with Gasteiger partial charge in [0, 0.05) is 5.69 Å². The maximum atomic E-state index is 12.0. The van der Waals surface area contributed by atoms with Gasteiger partial charge in [-0.05, 0) is 52.0 Å². The first-order valence-electron chi connectivity index (χ1n) is 6.43. The van der Waals surface area contributed by atoms with Gasteiger partial charge in [0.2, 0.25) is 0 Å². The zero-order valence-corrected chi connectivity index (χ0v) is 12.5. The predicted octanol–water partition coefficient (Wildman–Crippen LogP) is 2.57. The van der Waals surface area contributed by atoms with E-state index in [0.717, 1.165) is 0 Å². The molecule has 3 N–H and O–H groups in total. The van der Waals surface area contributed by atoms with E-state index in [0.29, 0.717) is 11.3 Å². The van der Waals surface area contributed by atoms with Gasteiger partial charge in [-0.25, -0.2) is 4.79 Å². The van der Waals surface area contributed by atoms with Gasteiger partial charge in [-0.2, -0.15) is 5.26 Å². The highest BCUT2D eigenvalue weighted by atomic mass is 16.4. The summed E-state index contributed by atoms with van der Waals surface area (Å²) in [6.45, 7) is 6.41. The number of carboxylic acid groups (broad SMARTS) is 1. The molecule has 0 aliphatic rings. The summed E-state index contributed by atoms with van der Waals surface area (Å²) in [6, 6.07) is 7.86. The van der Waals surface area contributed by atoms with Crippen molar-refractivity contribution >= 4 is 17.7 Å². The van der Waals surface area contributed by atoms with Gasteiger partial charge in [0.05, 0.1) is 22.6 Å². The topological polar surface area (TPSA) is 102 Å². The summed E-state index contributed by atoms with van der Waals surface area (Å²) in [5.41, 5.74) is -1.06. The molecule has 21 heavy (non-hydrogen) atoms. The number of carboxylic acids is 1. The first-order chi connectivity index (χ1) is 9.60. The largest absolute Gasteiger partial charge is 0.481 e. The average Bonchev–Trinajstić information content (AvgIpc) is 2.38. The lowest BCUT2D eigenvalue weighted by Crippen LogP contribution is -2.57. The number of rotatable bonds is 4. The molecule has 6 heteroatoms. The maximum Gasteiger partial charge on any atom is 0.319 e. The van der Waals surface area contributed by atoms with Crippen LogP contribution < -0.4 is 10.6 Å². The number of amides is 2. The minimum Gasteiger partial charge on any atom is -0.481 e. The Morgan fingerprint density at radius 2 is 1.67 bits per heavy atom. The molecule has 0 radical (unpaired) electrons. The highest BCUT2D eigenvalue weighted by Crippen LogP contribution is 2.30. The van der Waals surface area contributed by atoms with Crippen LogP contribution in [0, 0.1) is 16.7 Å². The van der Waals surface area contributed by atoms with Gasteiger partial charge in [-0.1, -0.05) is 0 Å². The smallest absolute Gasteiger partial charge is 0.319 e. The van der Waals surface area contributed by atoms with Crippen molar-refractivity contribution in [3.05, 3.63) is 29.8 Å². The number of urea groups is 1. The number of hydrogen-bond acceptors (Lipinski definition) is 3. The summed E-state index contributed by atoms with van der Waals surface area (Å²) >= 11 is 0. The van der Waals surface area contributed by atoms with E-state index in [2.05, 4.69) is 10.6 Å². The van der Waals surface area contributed by atoms with Crippen molar-refractivity contribution in [1.29, 1.82) is 5.26 Å². The van der Waals surface area contributed by atoms with Gasteiger partial charge in [-0.15, -0.1) is 0 Å². The fourth-order valence-corrected chi connectivity index (χ4v) is 1.50. The average molecular weight is 289 g/mol. The van der Waals surface area contributed by atoms with Crippen LogP contribution in [0.2, 0.25) is 0 Å². The maximum absolute atomic E-state index is 12.0. The van der Waals surface area contributed by atoms with Crippen molar-refractivity contribution in [3.63, 3.8) is 0 Å². The molecule has 0 saturated carbocycles. The van der Waals surface area contributed by atoms with Crippen molar-refractivity contribution in [1.82, 2.24) is 5.32 Å². The van der Waals surface area contributed by atoms with Gasteiger partial charge in [0.15, 0.2) is 0 Å². The van der Waals surface area contributed by atoms with E-state index in [1.54, 1.807) is 52.0 Å². The molecule has 0 aromatic heterocycles. The molecule has 0 bridgehead atoms. The number of nitrogens with zero attached hydrogens (tertiary/aromatic N) is 1. The van der Waals surface area contributed by atoms with Crippen LogP contribution in [0.5, 0.6) is 0 Å². The molecule has 1 aromatic rings.